The number of amides is 1. The minimum absolute atomic E-state index is 0.0779. The highest BCUT2D eigenvalue weighted by atomic mass is 16.5. The van der Waals surface area contributed by atoms with Gasteiger partial charge in [-0.05, 0) is 49.9 Å². The standard InChI is InChI=1S/C17H21NO5/c19-16(18-9-10-22-15(11-18)17(20)21)12-5-7-14(8-6-12)23-13-3-1-2-4-13/h5-8,13,15H,1-4,9-11H2,(H,20,21)/t15-/m1/s1. The van der Waals surface area contributed by atoms with E-state index >= 15 is 0 Å². The zero-order chi connectivity index (χ0) is 16.2. The summed E-state index contributed by atoms with van der Waals surface area (Å²) in [5.74, 6) is -0.436. The molecular weight excluding hydrogens is 298 g/mol. The van der Waals surface area contributed by atoms with Crippen molar-refractivity contribution in [2.75, 3.05) is 19.7 Å². The Bertz CT molecular complexity index is 565. The average Bonchev–Trinajstić information content (AvgIpc) is 3.08. The van der Waals surface area contributed by atoms with Crippen molar-refractivity contribution in [3.05, 3.63) is 29.8 Å². The van der Waals surface area contributed by atoms with Gasteiger partial charge in [0.15, 0.2) is 6.10 Å². The van der Waals surface area contributed by atoms with Gasteiger partial charge in [0.2, 0.25) is 0 Å². The second kappa shape index (κ2) is 7.00. The third-order valence-corrected chi connectivity index (χ3v) is 4.34. The number of ether oxygens (including phenoxy) is 2. The monoisotopic (exact) mass is 319 g/mol. The predicted molar refractivity (Wildman–Crippen MR) is 82.6 cm³/mol. The van der Waals surface area contributed by atoms with E-state index in [2.05, 4.69) is 0 Å². The molecule has 1 saturated heterocycles. The molecule has 6 nitrogen and oxygen atoms in total. The van der Waals surface area contributed by atoms with Gasteiger partial charge in [-0.3, -0.25) is 4.79 Å². The molecule has 0 aromatic heterocycles. The number of rotatable bonds is 4. The van der Waals surface area contributed by atoms with Crippen LogP contribution in [0.4, 0.5) is 0 Å². The lowest BCUT2D eigenvalue weighted by Gasteiger charge is -2.31. The van der Waals surface area contributed by atoms with Gasteiger partial charge in [0, 0.05) is 12.1 Å². The number of carboxylic acids is 1. The first-order valence-corrected chi connectivity index (χ1v) is 8.04. The summed E-state index contributed by atoms with van der Waals surface area (Å²) < 4.78 is 11.0. The first-order valence-electron chi connectivity index (χ1n) is 8.04. The molecule has 3 rings (SSSR count). The Labute approximate surface area is 135 Å². The molecule has 0 radical (unpaired) electrons. The number of hydrogen-bond acceptors (Lipinski definition) is 4. The van der Waals surface area contributed by atoms with Gasteiger partial charge in [-0.2, -0.15) is 0 Å². The quantitative estimate of drug-likeness (QED) is 0.918. The molecule has 2 fully saturated rings. The van der Waals surface area contributed by atoms with Gasteiger partial charge < -0.3 is 19.5 Å². The molecule has 0 spiro atoms. The number of benzene rings is 1. The van der Waals surface area contributed by atoms with Gasteiger partial charge in [0.05, 0.1) is 19.3 Å². The molecule has 1 aliphatic heterocycles. The Balaban J connectivity index is 1.61. The normalized spacial score (nSPS) is 22.1. The molecule has 2 aliphatic rings. The van der Waals surface area contributed by atoms with E-state index in [4.69, 9.17) is 14.6 Å². The fourth-order valence-electron chi connectivity index (χ4n) is 3.04. The zero-order valence-electron chi connectivity index (χ0n) is 12.9. The van der Waals surface area contributed by atoms with Crippen LogP contribution in [0.5, 0.6) is 5.75 Å². The third kappa shape index (κ3) is 3.82. The number of nitrogens with zero attached hydrogens (tertiary/aromatic N) is 1. The van der Waals surface area contributed by atoms with Crippen LogP contribution in [0.15, 0.2) is 24.3 Å². The van der Waals surface area contributed by atoms with Crippen molar-refractivity contribution in [3.63, 3.8) is 0 Å². The van der Waals surface area contributed by atoms with E-state index in [1.807, 2.05) is 0 Å². The van der Waals surface area contributed by atoms with Crippen LogP contribution in [0.1, 0.15) is 36.0 Å². The van der Waals surface area contributed by atoms with Crippen LogP contribution in [0, 0.1) is 0 Å². The highest BCUT2D eigenvalue weighted by Crippen LogP contribution is 2.24. The van der Waals surface area contributed by atoms with Crippen LogP contribution in [0.2, 0.25) is 0 Å². The van der Waals surface area contributed by atoms with Gasteiger partial charge in [0.25, 0.3) is 5.91 Å². The van der Waals surface area contributed by atoms with E-state index in [1.54, 1.807) is 24.3 Å². The lowest BCUT2D eigenvalue weighted by atomic mass is 10.1. The molecule has 1 N–H and O–H groups in total. The maximum Gasteiger partial charge on any atom is 0.334 e. The molecule has 1 amide bonds. The van der Waals surface area contributed by atoms with Gasteiger partial charge in [-0.15, -0.1) is 0 Å². The molecule has 1 aromatic rings. The fourth-order valence-corrected chi connectivity index (χ4v) is 3.04. The summed E-state index contributed by atoms with van der Waals surface area (Å²) in [5, 5.41) is 9.00. The molecule has 1 aromatic carbocycles. The van der Waals surface area contributed by atoms with Gasteiger partial charge in [-0.1, -0.05) is 0 Å². The van der Waals surface area contributed by atoms with E-state index in [-0.39, 0.29) is 25.2 Å². The van der Waals surface area contributed by atoms with Crippen LogP contribution in [-0.4, -0.2) is 53.8 Å². The molecule has 6 heteroatoms. The minimum Gasteiger partial charge on any atom is -0.490 e. The second-order valence-electron chi connectivity index (χ2n) is 6.00. The Morgan fingerprint density at radius 3 is 2.52 bits per heavy atom. The van der Waals surface area contributed by atoms with Gasteiger partial charge in [0.1, 0.15) is 5.75 Å². The topological polar surface area (TPSA) is 76.1 Å². The van der Waals surface area contributed by atoms with Crippen LogP contribution >= 0.6 is 0 Å². The summed E-state index contributed by atoms with van der Waals surface area (Å²) in [6, 6.07) is 7.08. The third-order valence-electron chi connectivity index (χ3n) is 4.34. The summed E-state index contributed by atoms with van der Waals surface area (Å²) in [5.41, 5.74) is 0.537. The number of hydrogen-bond donors (Lipinski definition) is 1. The molecular formula is C17H21NO5. The lowest BCUT2D eigenvalue weighted by molar-refractivity contribution is -0.154. The number of carbonyl (C=O) groups excluding carboxylic acids is 1. The van der Waals surface area contributed by atoms with Gasteiger partial charge >= 0.3 is 5.97 Å². The van der Waals surface area contributed by atoms with Crippen LogP contribution in [-0.2, 0) is 9.53 Å². The number of carboxylic acid groups (broad SMARTS) is 1. The van der Waals surface area contributed by atoms with Crippen molar-refractivity contribution in [3.8, 4) is 5.75 Å². The largest absolute Gasteiger partial charge is 0.490 e. The van der Waals surface area contributed by atoms with E-state index in [0.29, 0.717) is 12.1 Å². The first kappa shape index (κ1) is 15.8. The van der Waals surface area contributed by atoms with Crippen molar-refractivity contribution >= 4 is 11.9 Å². The Morgan fingerprint density at radius 1 is 1.17 bits per heavy atom. The smallest absolute Gasteiger partial charge is 0.334 e. The zero-order valence-corrected chi connectivity index (χ0v) is 12.9. The second-order valence-corrected chi connectivity index (χ2v) is 6.00. The molecule has 1 aliphatic carbocycles. The van der Waals surface area contributed by atoms with Crippen LogP contribution in [0.3, 0.4) is 0 Å². The summed E-state index contributed by atoms with van der Waals surface area (Å²) in [7, 11) is 0. The Kier molecular flexibility index (Phi) is 4.81. The molecule has 23 heavy (non-hydrogen) atoms. The highest BCUT2D eigenvalue weighted by Gasteiger charge is 2.29. The lowest BCUT2D eigenvalue weighted by Crippen LogP contribution is -2.48. The maximum absolute atomic E-state index is 12.5. The van der Waals surface area contributed by atoms with Crippen molar-refractivity contribution in [2.24, 2.45) is 0 Å². The fraction of sp³-hybridized carbons (Fsp3) is 0.529. The molecule has 124 valence electrons. The highest BCUT2D eigenvalue weighted by molar-refractivity contribution is 5.94. The van der Waals surface area contributed by atoms with Crippen LogP contribution < -0.4 is 4.74 Å². The maximum atomic E-state index is 12.5. The van der Waals surface area contributed by atoms with Crippen molar-refractivity contribution in [2.45, 2.75) is 37.9 Å². The molecule has 1 atom stereocenters. The van der Waals surface area contributed by atoms with E-state index in [0.717, 1.165) is 18.6 Å². The van der Waals surface area contributed by atoms with Crippen molar-refractivity contribution in [1.29, 1.82) is 0 Å². The summed E-state index contributed by atoms with van der Waals surface area (Å²) in [6.07, 6.45) is 3.94. The number of carbonyl (C=O) groups is 2. The van der Waals surface area contributed by atoms with Gasteiger partial charge in [-0.25, -0.2) is 4.79 Å². The first-order chi connectivity index (χ1) is 11.1. The Hall–Kier alpha value is -2.08. The summed E-state index contributed by atoms with van der Waals surface area (Å²) in [4.78, 5) is 25.0. The molecule has 0 bridgehead atoms. The molecule has 1 heterocycles. The van der Waals surface area contributed by atoms with E-state index in [1.165, 1.54) is 17.7 Å². The molecule has 1 saturated carbocycles. The van der Waals surface area contributed by atoms with Crippen molar-refractivity contribution < 1.29 is 24.2 Å². The number of morpholine rings is 1. The SMILES string of the molecule is O=C(O)[C@H]1CN(C(=O)c2ccc(OC3CCCC3)cc2)CCO1. The Morgan fingerprint density at radius 2 is 1.87 bits per heavy atom. The minimum atomic E-state index is -1.04. The van der Waals surface area contributed by atoms with E-state index < -0.39 is 12.1 Å². The number of aliphatic carboxylic acids is 1. The average molecular weight is 319 g/mol. The summed E-state index contributed by atoms with van der Waals surface area (Å²) in [6.45, 7) is 0.725. The molecule has 0 unspecified atom stereocenters. The van der Waals surface area contributed by atoms with E-state index in [9.17, 15) is 9.59 Å². The van der Waals surface area contributed by atoms with Crippen LogP contribution in [0.25, 0.3) is 0 Å². The van der Waals surface area contributed by atoms with Crippen molar-refractivity contribution in [1.82, 2.24) is 4.90 Å². The predicted octanol–water partition coefficient (Wildman–Crippen LogP) is 1.93. The summed E-state index contributed by atoms with van der Waals surface area (Å²) >= 11 is 0.